The fourth-order valence-corrected chi connectivity index (χ4v) is 5.09. The van der Waals surface area contributed by atoms with E-state index in [9.17, 15) is 9.18 Å². The van der Waals surface area contributed by atoms with E-state index in [0.717, 1.165) is 48.8 Å². The molecule has 0 saturated carbocycles. The maximum absolute atomic E-state index is 13.3. The number of halogens is 1. The zero-order valence-corrected chi connectivity index (χ0v) is 20.3. The first-order valence-electron chi connectivity index (χ1n) is 11.8. The van der Waals surface area contributed by atoms with E-state index in [2.05, 4.69) is 9.80 Å². The van der Waals surface area contributed by atoms with Gasteiger partial charge < -0.3 is 19.3 Å². The number of hydrogen-bond acceptors (Lipinski definition) is 7. The van der Waals surface area contributed by atoms with E-state index in [1.54, 1.807) is 14.2 Å². The van der Waals surface area contributed by atoms with Crippen LogP contribution in [0, 0.1) is 12.7 Å². The number of Topliss-reactive ketones (excluding diaryl/α,β-unsaturated/α-hetero) is 1. The molecule has 0 N–H and O–H groups in total. The van der Waals surface area contributed by atoms with Crippen molar-refractivity contribution >= 4 is 17.4 Å². The normalized spacial score (nSPS) is 17.8. The Morgan fingerprint density at radius 1 is 0.914 bits per heavy atom. The molecule has 0 unspecified atom stereocenters. The lowest BCUT2D eigenvalue weighted by Crippen LogP contribution is -2.47. The van der Waals surface area contributed by atoms with Crippen LogP contribution in [0.25, 0.3) is 0 Å². The van der Waals surface area contributed by atoms with Gasteiger partial charge >= 0.3 is 0 Å². The number of anilines is 2. The number of rotatable bonds is 5. The number of fused-ring (bicyclic) bond motifs is 1. The summed E-state index contributed by atoms with van der Waals surface area (Å²) in [4.78, 5) is 27.1. The fraction of sp³-hybridized carbons (Fsp3) is 0.370. The van der Waals surface area contributed by atoms with E-state index >= 15 is 0 Å². The summed E-state index contributed by atoms with van der Waals surface area (Å²) in [6.45, 7) is 4.97. The third-order valence-electron chi connectivity index (χ3n) is 6.94. The first-order chi connectivity index (χ1) is 17.0. The molecule has 182 valence electrons. The predicted octanol–water partition coefficient (Wildman–Crippen LogP) is 4.18. The largest absolute Gasteiger partial charge is 0.497 e. The van der Waals surface area contributed by atoms with Crippen molar-refractivity contribution in [2.45, 2.75) is 25.7 Å². The molecule has 0 bridgehead atoms. The van der Waals surface area contributed by atoms with E-state index in [-0.39, 0.29) is 17.5 Å². The van der Waals surface area contributed by atoms with Gasteiger partial charge in [0.15, 0.2) is 5.78 Å². The third kappa shape index (κ3) is 4.52. The monoisotopic (exact) mass is 476 g/mol. The van der Waals surface area contributed by atoms with Gasteiger partial charge in [-0.3, -0.25) is 4.79 Å². The molecule has 5 rings (SSSR count). The third-order valence-corrected chi connectivity index (χ3v) is 6.94. The maximum Gasteiger partial charge on any atom is 0.225 e. The number of hydrogen-bond donors (Lipinski definition) is 0. The van der Waals surface area contributed by atoms with Crippen molar-refractivity contribution in [3.63, 3.8) is 0 Å². The Hall–Kier alpha value is -3.68. The van der Waals surface area contributed by atoms with Crippen LogP contribution in [0.2, 0.25) is 0 Å². The summed E-state index contributed by atoms with van der Waals surface area (Å²) in [5.74, 6) is 1.91. The summed E-state index contributed by atoms with van der Waals surface area (Å²) in [6, 6.07) is 12.3. The lowest BCUT2D eigenvalue weighted by molar-refractivity contribution is 0.0961. The van der Waals surface area contributed by atoms with E-state index in [4.69, 9.17) is 19.4 Å². The molecule has 0 spiro atoms. The highest BCUT2D eigenvalue weighted by molar-refractivity contribution is 5.99. The molecule has 0 radical (unpaired) electrons. The number of methoxy groups -OCH3 is 2. The lowest BCUT2D eigenvalue weighted by atomic mass is 9.81. The average Bonchev–Trinajstić information content (AvgIpc) is 2.88. The molecule has 2 aromatic carbocycles. The number of piperazine rings is 1. The fourth-order valence-electron chi connectivity index (χ4n) is 5.09. The molecule has 8 heteroatoms. The Kier molecular flexibility index (Phi) is 6.28. The van der Waals surface area contributed by atoms with Gasteiger partial charge in [-0.25, -0.2) is 14.4 Å². The Morgan fingerprint density at radius 3 is 2.31 bits per heavy atom. The van der Waals surface area contributed by atoms with Crippen LogP contribution < -0.4 is 19.3 Å². The van der Waals surface area contributed by atoms with Crippen molar-refractivity contribution in [3.8, 4) is 11.5 Å². The molecule has 7 nitrogen and oxygen atoms in total. The second kappa shape index (κ2) is 9.52. The van der Waals surface area contributed by atoms with E-state index in [1.807, 2.05) is 37.3 Å². The highest BCUT2D eigenvalue weighted by Crippen LogP contribution is 2.39. The highest BCUT2D eigenvalue weighted by Gasteiger charge is 2.32. The molecule has 2 heterocycles. The molecule has 1 fully saturated rings. The van der Waals surface area contributed by atoms with Gasteiger partial charge in [0.25, 0.3) is 0 Å². The minimum Gasteiger partial charge on any atom is -0.497 e. The zero-order valence-electron chi connectivity index (χ0n) is 20.3. The summed E-state index contributed by atoms with van der Waals surface area (Å²) >= 11 is 0. The Labute approximate surface area is 204 Å². The van der Waals surface area contributed by atoms with Crippen LogP contribution in [0.15, 0.2) is 42.5 Å². The van der Waals surface area contributed by atoms with Gasteiger partial charge in [0, 0.05) is 50.3 Å². The van der Waals surface area contributed by atoms with Crippen LogP contribution in [0.3, 0.4) is 0 Å². The van der Waals surface area contributed by atoms with E-state index in [0.29, 0.717) is 35.9 Å². The van der Waals surface area contributed by atoms with Gasteiger partial charge in [-0.05, 0) is 49.2 Å². The minimum atomic E-state index is -0.231. The minimum absolute atomic E-state index is 0.0201. The molecular weight excluding hydrogens is 447 g/mol. The molecule has 2 aliphatic rings. The summed E-state index contributed by atoms with van der Waals surface area (Å²) in [5, 5.41) is 0. The van der Waals surface area contributed by atoms with E-state index < -0.39 is 0 Å². The molecule has 1 aliphatic carbocycles. The van der Waals surface area contributed by atoms with Crippen molar-refractivity contribution in [3.05, 3.63) is 70.8 Å². The van der Waals surface area contributed by atoms with Crippen LogP contribution in [0.5, 0.6) is 11.5 Å². The zero-order chi connectivity index (χ0) is 24.5. The quantitative estimate of drug-likeness (QED) is 0.547. The van der Waals surface area contributed by atoms with Crippen molar-refractivity contribution in [1.82, 2.24) is 9.97 Å². The van der Waals surface area contributed by atoms with Crippen molar-refractivity contribution in [2.75, 3.05) is 50.2 Å². The molecule has 3 aromatic rings. The summed E-state index contributed by atoms with van der Waals surface area (Å²) in [5.41, 5.74) is 4.18. The molecular formula is C27H29FN4O3. The topological polar surface area (TPSA) is 67.8 Å². The van der Waals surface area contributed by atoms with Gasteiger partial charge in [0.2, 0.25) is 5.95 Å². The Morgan fingerprint density at radius 2 is 1.63 bits per heavy atom. The number of benzene rings is 2. The highest BCUT2D eigenvalue weighted by atomic mass is 19.1. The average molecular weight is 477 g/mol. The van der Waals surface area contributed by atoms with Gasteiger partial charge in [-0.2, -0.15) is 0 Å². The van der Waals surface area contributed by atoms with Gasteiger partial charge in [-0.15, -0.1) is 0 Å². The summed E-state index contributed by atoms with van der Waals surface area (Å²) < 4.78 is 24.2. The SMILES string of the molecule is COc1ccc([C@@H]2CC(=O)c3c(C)nc(N4CCN(c5ccc(F)cc5)CC4)nc3C2)c(OC)c1. The Balaban J connectivity index is 1.37. The van der Waals surface area contributed by atoms with E-state index in [1.165, 1.54) is 12.1 Å². The number of aromatic nitrogens is 2. The van der Waals surface area contributed by atoms with Gasteiger partial charge in [0.05, 0.1) is 31.2 Å². The number of aryl methyl sites for hydroxylation is 1. The van der Waals surface area contributed by atoms with Crippen molar-refractivity contribution in [1.29, 1.82) is 0 Å². The van der Waals surface area contributed by atoms with Gasteiger partial charge in [0.1, 0.15) is 17.3 Å². The summed E-state index contributed by atoms with van der Waals surface area (Å²) in [6.07, 6.45) is 1.05. The number of ketones is 1. The van der Waals surface area contributed by atoms with Crippen molar-refractivity contribution < 1.29 is 18.7 Å². The molecule has 1 aliphatic heterocycles. The molecule has 1 aromatic heterocycles. The maximum atomic E-state index is 13.3. The first-order valence-corrected chi connectivity index (χ1v) is 11.8. The van der Waals surface area contributed by atoms with Crippen LogP contribution in [0.1, 0.15) is 39.6 Å². The smallest absolute Gasteiger partial charge is 0.225 e. The van der Waals surface area contributed by atoms with Crippen LogP contribution in [-0.4, -0.2) is 56.1 Å². The standard InChI is InChI=1S/C27H29FN4O3/c1-17-26-23(14-18(15-24(26)33)22-9-8-21(34-2)16-25(22)35-3)30-27(29-17)32-12-10-31(11-13-32)20-6-4-19(28)5-7-20/h4-9,16,18H,10-15H2,1-3H3/t18-/m0/s1. The first kappa shape index (κ1) is 23.1. The second-order valence-electron chi connectivity index (χ2n) is 9.02. The Bertz CT molecular complexity index is 1240. The van der Waals surface area contributed by atoms with Gasteiger partial charge in [-0.1, -0.05) is 6.07 Å². The second-order valence-corrected chi connectivity index (χ2v) is 9.02. The molecule has 0 amide bonds. The summed E-state index contributed by atoms with van der Waals surface area (Å²) in [7, 11) is 3.25. The van der Waals surface area contributed by atoms with Crippen LogP contribution in [0.4, 0.5) is 16.0 Å². The number of nitrogens with zero attached hydrogens (tertiary/aromatic N) is 4. The van der Waals surface area contributed by atoms with Crippen molar-refractivity contribution in [2.24, 2.45) is 0 Å². The van der Waals surface area contributed by atoms with Crippen LogP contribution >= 0.6 is 0 Å². The molecule has 1 saturated heterocycles. The number of carbonyl (C=O) groups excluding carboxylic acids is 1. The van der Waals surface area contributed by atoms with Crippen LogP contribution in [-0.2, 0) is 6.42 Å². The number of carbonyl (C=O) groups is 1. The molecule has 35 heavy (non-hydrogen) atoms. The lowest BCUT2D eigenvalue weighted by Gasteiger charge is -2.36. The molecule has 1 atom stereocenters. The predicted molar refractivity (Wildman–Crippen MR) is 133 cm³/mol. The number of ether oxygens (including phenoxy) is 2.